The van der Waals surface area contributed by atoms with Crippen molar-refractivity contribution in [3.8, 4) is 0 Å². The van der Waals surface area contributed by atoms with Crippen molar-refractivity contribution in [2.24, 2.45) is 4.99 Å². The molecule has 0 fully saturated rings. The summed E-state index contributed by atoms with van der Waals surface area (Å²) >= 11 is 5.93. The van der Waals surface area contributed by atoms with Crippen LogP contribution in [0.3, 0.4) is 0 Å². The molecule has 21 heavy (non-hydrogen) atoms. The van der Waals surface area contributed by atoms with Gasteiger partial charge in [-0.2, -0.15) is 0 Å². The van der Waals surface area contributed by atoms with Gasteiger partial charge in [0.15, 0.2) is 5.70 Å². The van der Waals surface area contributed by atoms with Gasteiger partial charge in [-0.15, -0.1) is 0 Å². The van der Waals surface area contributed by atoms with Crippen LogP contribution in [0.25, 0.3) is 6.08 Å². The van der Waals surface area contributed by atoms with E-state index in [-0.39, 0.29) is 5.70 Å². The number of halogens is 1. The summed E-state index contributed by atoms with van der Waals surface area (Å²) < 4.78 is 5.23. The number of ether oxygens (including phenoxy) is 1. The first-order valence-electron chi connectivity index (χ1n) is 6.47. The summed E-state index contributed by atoms with van der Waals surface area (Å²) in [5.74, 6) is -0.122. The average Bonchev–Trinajstić information content (AvgIpc) is 2.80. The Hall–Kier alpha value is -2.39. The van der Waals surface area contributed by atoms with Gasteiger partial charge in [-0.25, -0.2) is 9.79 Å². The van der Waals surface area contributed by atoms with Gasteiger partial charge in [0, 0.05) is 10.6 Å². The first-order valence-corrected chi connectivity index (χ1v) is 6.85. The van der Waals surface area contributed by atoms with Gasteiger partial charge in [0.05, 0.1) is 0 Å². The molecule has 0 aliphatic carbocycles. The third-order valence-electron chi connectivity index (χ3n) is 3.04. The number of cyclic esters (lactones) is 1. The molecule has 1 heterocycles. The second-order valence-electron chi connectivity index (χ2n) is 4.76. The summed E-state index contributed by atoms with van der Waals surface area (Å²) in [6.45, 7) is 1.98. The maximum absolute atomic E-state index is 11.9. The molecule has 0 N–H and O–H groups in total. The Bertz CT molecular complexity index is 778. The van der Waals surface area contributed by atoms with Crippen LogP contribution in [0, 0.1) is 6.92 Å². The maximum Gasteiger partial charge on any atom is 0.363 e. The third kappa shape index (κ3) is 3.03. The second-order valence-corrected chi connectivity index (χ2v) is 5.20. The smallest absolute Gasteiger partial charge is 0.363 e. The predicted molar refractivity (Wildman–Crippen MR) is 83.2 cm³/mol. The lowest BCUT2D eigenvalue weighted by Crippen LogP contribution is -2.05. The van der Waals surface area contributed by atoms with Crippen LogP contribution in [-0.4, -0.2) is 11.9 Å². The van der Waals surface area contributed by atoms with Gasteiger partial charge < -0.3 is 4.74 Å². The molecular weight excluding hydrogens is 286 g/mol. The van der Waals surface area contributed by atoms with E-state index in [2.05, 4.69) is 4.99 Å². The molecule has 4 heteroatoms. The molecule has 0 saturated heterocycles. The monoisotopic (exact) mass is 297 g/mol. The quantitative estimate of drug-likeness (QED) is 0.621. The Labute approximate surface area is 127 Å². The van der Waals surface area contributed by atoms with Crippen molar-refractivity contribution in [1.29, 1.82) is 0 Å². The molecule has 3 nitrogen and oxygen atoms in total. The second kappa shape index (κ2) is 5.54. The number of aryl methyl sites for hydroxylation is 1. The average molecular weight is 298 g/mol. The number of benzene rings is 2. The van der Waals surface area contributed by atoms with Crippen LogP contribution in [0.5, 0.6) is 0 Å². The summed E-state index contributed by atoms with van der Waals surface area (Å²) in [7, 11) is 0. The van der Waals surface area contributed by atoms with E-state index in [1.165, 1.54) is 0 Å². The predicted octanol–water partition coefficient (Wildman–Crippen LogP) is 3.99. The van der Waals surface area contributed by atoms with Gasteiger partial charge in [-0.3, -0.25) is 0 Å². The van der Waals surface area contributed by atoms with Crippen LogP contribution in [0.4, 0.5) is 0 Å². The van der Waals surface area contributed by atoms with Crippen LogP contribution in [0.1, 0.15) is 16.7 Å². The number of hydrogen-bond acceptors (Lipinski definition) is 3. The lowest BCUT2D eigenvalue weighted by molar-refractivity contribution is -0.129. The Morgan fingerprint density at radius 1 is 1.14 bits per heavy atom. The Kier molecular flexibility index (Phi) is 3.59. The Morgan fingerprint density at radius 3 is 2.71 bits per heavy atom. The van der Waals surface area contributed by atoms with E-state index in [4.69, 9.17) is 16.3 Å². The zero-order valence-electron chi connectivity index (χ0n) is 11.3. The Balaban J connectivity index is 1.95. The number of carbonyl (C=O) groups excluding carboxylic acids is 1. The van der Waals surface area contributed by atoms with E-state index in [1.54, 1.807) is 18.2 Å². The largest absolute Gasteiger partial charge is 0.402 e. The summed E-state index contributed by atoms with van der Waals surface area (Å²) in [4.78, 5) is 16.2. The number of rotatable bonds is 2. The molecule has 0 unspecified atom stereocenters. The van der Waals surface area contributed by atoms with Crippen LogP contribution >= 0.6 is 11.6 Å². The van der Waals surface area contributed by atoms with Gasteiger partial charge in [-0.05, 0) is 42.8 Å². The van der Waals surface area contributed by atoms with Gasteiger partial charge in [0.1, 0.15) is 0 Å². The molecule has 0 spiro atoms. The Morgan fingerprint density at radius 2 is 1.95 bits per heavy atom. The molecule has 0 aromatic heterocycles. The summed E-state index contributed by atoms with van der Waals surface area (Å²) in [6.07, 6.45) is 1.66. The normalized spacial score (nSPS) is 16.0. The molecule has 0 bridgehead atoms. The van der Waals surface area contributed by atoms with Crippen LogP contribution in [0.15, 0.2) is 59.2 Å². The highest BCUT2D eigenvalue weighted by Gasteiger charge is 2.24. The molecule has 0 radical (unpaired) electrons. The lowest BCUT2D eigenvalue weighted by Gasteiger charge is -1.99. The number of carbonyl (C=O) groups is 1. The molecule has 0 amide bonds. The molecule has 0 atom stereocenters. The number of nitrogens with zero attached hydrogens (tertiary/aromatic N) is 1. The van der Waals surface area contributed by atoms with Gasteiger partial charge >= 0.3 is 5.97 Å². The van der Waals surface area contributed by atoms with E-state index in [1.807, 2.05) is 43.3 Å². The van der Waals surface area contributed by atoms with Crippen molar-refractivity contribution in [3.63, 3.8) is 0 Å². The van der Waals surface area contributed by atoms with E-state index in [0.29, 0.717) is 10.9 Å². The van der Waals surface area contributed by atoms with E-state index in [9.17, 15) is 4.79 Å². The summed E-state index contributed by atoms with van der Waals surface area (Å²) in [6, 6.07) is 14.9. The zero-order chi connectivity index (χ0) is 14.8. The first kappa shape index (κ1) is 13.6. The highest BCUT2D eigenvalue weighted by molar-refractivity contribution is 6.30. The van der Waals surface area contributed by atoms with Crippen LogP contribution in [-0.2, 0) is 9.53 Å². The fourth-order valence-electron chi connectivity index (χ4n) is 2.06. The number of esters is 1. The fourth-order valence-corrected chi connectivity index (χ4v) is 2.26. The molecular formula is C17H12ClNO2. The van der Waals surface area contributed by atoms with Gasteiger partial charge in [0.25, 0.3) is 0 Å². The number of aliphatic imine (C=N–C) groups is 1. The van der Waals surface area contributed by atoms with E-state index >= 15 is 0 Å². The first-order chi connectivity index (χ1) is 10.1. The fraction of sp³-hybridized carbons (Fsp3) is 0.0588. The molecule has 0 saturated carbocycles. The van der Waals surface area contributed by atoms with E-state index < -0.39 is 5.97 Å². The van der Waals surface area contributed by atoms with Gasteiger partial charge in [-0.1, -0.05) is 41.4 Å². The minimum Gasteiger partial charge on any atom is -0.402 e. The standard InChI is InChI=1S/C17H12ClNO2/c1-11-4-2-6-13(8-11)16-19-15(17(20)21-16)10-12-5-3-7-14(18)9-12/h2-10H,1H3/b15-10-. The summed E-state index contributed by atoms with van der Waals surface area (Å²) in [5, 5.41) is 0.610. The van der Waals surface area contributed by atoms with Crippen molar-refractivity contribution in [2.75, 3.05) is 0 Å². The van der Waals surface area contributed by atoms with Crippen molar-refractivity contribution in [2.45, 2.75) is 6.92 Å². The molecule has 104 valence electrons. The molecule has 3 rings (SSSR count). The summed E-state index contributed by atoms with van der Waals surface area (Å²) in [5.41, 5.74) is 2.95. The highest BCUT2D eigenvalue weighted by atomic mass is 35.5. The number of hydrogen-bond donors (Lipinski definition) is 0. The minimum absolute atomic E-state index is 0.272. The van der Waals surface area contributed by atoms with Crippen molar-refractivity contribution < 1.29 is 9.53 Å². The maximum atomic E-state index is 11.9. The topological polar surface area (TPSA) is 38.7 Å². The third-order valence-corrected chi connectivity index (χ3v) is 3.27. The molecule has 1 aliphatic rings. The van der Waals surface area contributed by atoms with Crippen molar-refractivity contribution in [3.05, 3.63) is 75.9 Å². The van der Waals surface area contributed by atoms with E-state index in [0.717, 1.165) is 16.7 Å². The molecule has 2 aromatic rings. The lowest BCUT2D eigenvalue weighted by atomic mass is 10.1. The van der Waals surface area contributed by atoms with Crippen molar-refractivity contribution in [1.82, 2.24) is 0 Å². The SMILES string of the molecule is Cc1cccc(C2=N/C(=C\c3cccc(Cl)c3)C(=O)O2)c1. The zero-order valence-corrected chi connectivity index (χ0v) is 12.1. The van der Waals surface area contributed by atoms with Crippen molar-refractivity contribution >= 4 is 29.5 Å². The van der Waals surface area contributed by atoms with Crippen LogP contribution in [0.2, 0.25) is 5.02 Å². The molecule has 2 aromatic carbocycles. The molecule has 1 aliphatic heterocycles. The van der Waals surface area contributed by atoms with Gasteiger partial charge in [0.2, 0.25) is 5.90 Å². The van der Waals surface area contributed by atoms with Crippen LogP contribution < -0.4 is 0 Å². The minimum atomic E-state index is -0.452. The highest BCUT2D eigenvalue weighted by Crippen LogP contribution is 2.20.